The summed E-state index contributed by atoms with van der Waals surface area (Å²) in [5.41, 5.74) is -0.219. The van der Waals surface area contributed by atoms with E-state index in [2.05, 4.69) is 0 Å². The third kappa shape index (κ3) is 2.71. The van der Waals surface area contributed by atoms with Crippen LogP contribution in [0.5, 0.6) is 11.5 Å². The fourth-order valence-corrected chi connectivity index (χ4v) is 1.87. The molecule has 5 nitrogen and oxygen atoms in total. The van der Waals surface area contributed by atoms with Crippen molar-refractivity contribution in [2.75, 3.05) is 0 Å². The van der Waals surface area contributed by atoms with Gasteiger partial charge in [-0.3, -0.25) is 10.1 Å². The van der Waals surface area contributed by atoms with Gasteiger partial charge in [-0.1, -0.05) is 29.8 Å². The molecule has 104 valence electrons. The lowest BCUT2D eigenvalue weighted by molar-refractivity contribution is -0.385. The van der Waals surface area contributed by atoms with E-state index in [0.29, 0.717) is 5.56 Å². The van der Waals surface area contributed by atoms with Crippen molar-refractivity contribution in [2.45, 2.75) is 6.61 Å². The van der Waals surface area contributed by atoms with Gasteiger partial charge in [0.25, 0.3) is 0 Å². The molecule has 0 aliphatic heterocycles. The van der Waals surface area contributed by atoms with Gasteiger partial charge in [0.1, 0.15) is 0 Å². The Morgan fingerprint density at radius 1 is 1.25 bits per heavy atom. The second-order valence-electron chi connectivity index (χ2n) is 3.83. The third-order valence-corrected chi connectivity index (χ3v) is 2.86. The third-order valence-electron chi connectivity index (χ3n) is 2.57. The minimum absolute atomic E-state index is 0.00938. The second-order valence-corrected chi connectivity index (χ2v) is 4.24. The van der Waals surface area contributed by atoms with Gasteiger partial charge in [-0.15, -0.1) is 0 Å². The molecule has 0 atom stereocenters. The van der Waals surface area contributed by atoms with Crippen LogP contribution in [0.2, 0.25) is 5.02 Å². The number of aliphatic hydroxyl groups is 1. The van der Waals surface area contributed by atoms with Gasteiger partial charge in [-0.05, 0) is 12.1 Å². The Bertz CT molecular complexity index is 663. The molecule has 0 aliphatic carbocycles. The monoisotopic (exact) mass is 297 g/mol. The number of benzene rings is 2. The van der Waals surface area contributed by atoms with Crippen molar-refractivity contribution < 1.29 is 19.2 Å². The van der Waals surface area contributed by atoms with Crippen LogP contribution in [-0.2, 0) is 6.61 Å². The van der Waals surface area contributed by atoms with Gasteiger partial charge in [0.2, 0.25) is 5.75 Å². The van der Waals surface area contributed by atoms with Crippen molar-refractivity contribution in [3.8, 4) is 11.5 Å². The summed E-state index contributed by atoms with van der Waals surface area (Å²) in [6, 6.07) is 7.94. The van der Waals surface area contributed by atoms with Gasteiger partial charge >= 0.3 is 5.69 Å². The van der Waals surface area contributed by atoms with Crippen LogP contribution >= 0.6 is 11.6 Å². The average molecular weight is 298 g/mol. The molecule has 0 bridgehead atoms. The molecule has 0 aromatic heterocycles. The van der Waals surface area contributed by atoms with E-state index in [1.165, 1.54) is 18.2 Å². The fraction of sp³-hybridized carbons (Fsp3) is 0.0769. The molecule has 2 aromatic carbocycles. The summed E-state index contributed by atoms with van der Waals surface area (Å²) in [5.74, 6) is -1.44. The molecule has 0 spiro atoms. The van der Waals surface area contributed by atoms with E-state index in [1.807, 2.05) is 0 Å². The van der Waals surface area contributed by atoms with Gasteiger partial charge in [-0.2, -0.15) is 0 Å². The van der Waals surface area contributed by atoms with E-state index in [9.17, 15) is 19.6 Å². The van der Waals surface area contributed by atoms with E-state index in [0.717, 1.165) is 12.1 Å². The highest BCUT2D eigenvalue weighted by Gasteiger charge is 2.22. The first kappa shape index (κ1) is 14.2. The van der Waals surface area contributed by atoms with E-state index in [-0.39, 0.29) is 10.8 Å². The first-order valence-electron chi connectivity index (χ1n) is 5.53. The molecular formula is C13H9ClFNO4. The summed E-state index contributed by atoms with van der Waals surface area (Å²) in [4.78, 5) is 10.1. The smallest absolute Gasteiger partial charge is 0.314 e. The molecule has 0 unspecified atom stereocenters. The maximum absolute atomic E-state index is 13.7. The number of halogens is 2. The Morgan fingerprint density at radius 3 is 2.60 bits per heavy atom. The summed E-state index contributed by atoms with van der Waals surface area (Å²) in [6.07, 6.45) is 0. The summed E-state index contributed by atoms with van der Waals surface area (Å²) in [7, 11) is 0. The molecule has 1 N–H and O–H groups in total. The number of para-hydroxylation sites is 2. The van der Waals surface area contributed by atoms with E-state index < -0.39 is 28.8 Å². The van der Waals surface area contributed by atoms with E-state index >= 15 is 0 Å². The lowest BCUT2D eigenvalue weighted by atomic mass is 10.2. The highest BCUT2D eigenvalue weighted by atomic mass is 35.5. The normalized spacial score (nSPS) is 10.3. The van der Waals surface area contributed by atoms with Gasteiger partial charge in [0, 0.05) is 11.6 Å². The van der Waals surface area contributed by atoms with Crippen molar-refractivity contribution in [1.29, 1.82) is 0 Å². The molecule has 0 amide bonds. The lowest BCUT2D eigenvalue weighted by Gasteiger charge is -2.12. The van der Waals surface area contributed by atoms with Gasteiger partial charge < -0.3 is 9.84 Å². The van der Waals surface area contributed by atoms with Crippen LogP contribution in [0.3, 0.4) is 0 Å². The van der Waals surface area contributed by atoms with Gasteiger partial charge in [-0.25, -0.2) is 4.39 Å². The maximum atomic E-state index is 13.7. The first-order valence-corrected chi connectivity index (χ1v) is 5.91. The first-order chi connectivity index (χ1) is 9.54. The van der Waals surface area contributed by atoms with Crippen LogP contribution in [-0.4, -0.2) is 10.0 Å². The molecule has 20 heavy (non-hydrogen) atoms. The number of nitro groups is 1. The lowest BCUT2D eigenvalue weighted by Crippen LogP contribution is -1.98. The van der Waals surface area contributed by atoms with Crippen LogP contribution in [0.15, 0.2) is 36.4 Å². The van der Waals surface area contributed by atoms with E-state index in [1.54, 1.807) is 6.07 Å². The van der Waals surface area contributed by atoms with Crippen molar-refractivity contribution in [3.63, 3.8) is 0 Å². The topological polar surface area (TPSA) is 72.6 Å². The Kier molecular flexibility index (Phi) is 4.16. The number of hydrogen-bond acceptors (Lipinski definition) is 4. The van der Waals surface area contributed by atoms with Crippen LogP contribution in [0.4, 0.5) is 10.1 Å². The zero-order valence-corrected chi connectivity index (χ0v) is 10.8. The number of nitrogens with zero attached hydrogens (tertiary/aromatic N) is 1. The number of ether oxygens (including phenoxy) is 1. The summed E-state index contributed by atoms with van der Waals surface area (Å²) in [6.45, 7) is -0.391. The Labute approximate surface area is 118 Å². The van der Waals surface area contributed by atoms with Crippen molar-refractivity contribution in [3.05, 3.63) is 62.9 Å². The highest BCUT2D eigenvalue weighted by molar-refractivity contribution is 6.32. The highest BCUT2D eigenvalue weighted by Crippen LogP contribution is 2.38. The second kappa shape index (κ2) is 5.85. The number of rotatable bonds is 4. The van der Waals surface area contributed by atoms with Gasteiger partial charge in [0.05, 0.1) is 16.6 Å². The predicted octanol–water partition coefficient (Wildman–Crippen LogP) is 3.67. The zero-order chi connectivity index (χ0) is 14.7. The molecular weight excluding hydrogens is 289 g/mol. The standard InChI is InChI=1S/C13H9ClFNO4/c14-9-4-1-3-8(7-17)12(9)20-13-10(15)5-2-6-11(13)16(18)19/h1-6,17H,7H2. The summed E-state index contributed by atoms with van der Waals surface area (Å²) in [5, 5.41) is 20.2. The number of hydrogen-bond donors (Lipinski definition) is 1. The average Bonchev–Trinajstić information content (AvgIpc) is 2.42. The van der Waals surface area contributed by atoms with Crippen LogP contribution in [0.1, 0.15) is 5.56 Å². The molecule has 7 heteroatoms. The molecule has 2 rings (SSSR count). The van der Waals surface area contributed by atoms with Crippen LogP contribution in [0, 0.1) is 15.9 Å². The Balaban J connectivity index is 2.53. The molecule has 0 aliphatic rings. The minimum Gasteiger partial charge on any atom is -0.445 e. The van der Waals surface area contributed by atoms with Crippen LogP contribution in [0.25, 0.3) is 0 Å². The van der Waals surface area contributed by atoms with Crippen molar-refractivity contribution >= 4 is 17.3 Å². The Hall–Kier alpha value is -2.18. The van der Waals surface area contributed by atoms with Crippen LogP contribution < -0.4 is 4.74 Å². The molecule has 0 fully saturated rings. The quantitative estimate of drug-likeness (QED) is 0.690. The summed E-state index contributed by atoms with van der Waals surface area (Å²) < 4.78 is 19.0. The maximum Gasteiger partial charge on any atom is 0.314 e. The number of aliphatic hydroxyl groups excluding tert-OH is 1. The zero-order valence-electron chi connectivity index (χ0n) is 10.0. The van der Waals surface area contributed by atoms with Crippen molar-refractivity contribution in [2.24, 2.45) is 0 Å². The summed E-state index contributed by atoms with van der Waals surface area (Å²) >= 11 is 5.91. The fourth-order valence-electron chi connectivity index (χ4n) is 1.64. The van der Waals surface area contributed by atoms with E-state index in [4.69, 9.17) is 16.3 Å². The molecule has 2 aromatic rings. The largest absolute Gasteiger partial charge is 0.445 e. The Morgan fingerprint density at radius 2 is 1.95 bits per heavy atom. The molecule has 0 radical (unpaired) electrons. The minimum atomic E-state index is -0.886. The van der Waals surface area contributed by atoms with Crippen molar-refractivity contribution in [1.82, 2.24) is 0 Å². The molecule has 0 saturated carbocycles. The SMILES string of the molecule is O=[N+]([O-])c1cccc(F)c1Oc1c(Cl)cccc1CO. The molecule has 0 saturated heterocycles. The van der Waals surface area contributed by atoms with Gasteiger partial charge in [0.15, 0.2) is 11.6 Å². The molecule has 0 heterocycles. The predicted molar refractivity (Wildman–Crippen MR) is 70.5 cm³/mol. The number of nitro benzene ring substituents is 1.